The molecule has 0 aliphatic heterocycles. The Hall–Kier alpha value is -4.05. The largest absolute Gasteiger partial charge is 0.494 e. The molecule has 0 aliphatic carbocycles. The van der Waals surface area contributed by atoms with Crippen molar-refractivity contribution < 1.29 is 18.7 Å². The fourth-order valence-electron chi connectivity index (χ4n) is 3.34. The number of nitrogens with zero attached hydrogens (tertiary/aromatic N) is 3. The molecule has 2 aromatic heterocycles. The predicted molar refractivity (Wildman–Crippen MR) is 133 cm³/mol. The van der Waals surface area contributed by atoms with E-state index in [0.29, 0.717) is 23.3 Å². The second-order valence-corrected chi connectivity index (χ2v) is 8.48. The fraction of sp³-hybridized carbons (Fsp3) is 0.200. The first-order valence-corrected chi connectivity index (χ1v) is 12.0. The molecular formula is C25H25N5O4S. The van der Waals surface area contributed by atoms with Crippen LogP contribution in [0.15, 0.2) is 76.5 Å². The van der Waals surface area contributed by atoms with Crippen LogP contribution >= 0.6 is 11.8 Å². The summed E-state index contributed by atoms with van der Waals surface area (Å²) in [4.78, 5) is 24.4. The van der Waals surface area contributed by atoms with E-state index in [4.69, 9.17) is 9.15 Å². The normalized spacial score (nSPS) is 10.7. The van der Waals surface area contributed by atoms with Crippen molar-refractivity contribution in [2.75, 3.05) is 12.4 Å². The minimum Gasteiger partial charge on any atom is -0.494 e. The van der Waals surface area contributed by atoms with Crippen LogP contribution in [0.3, 0.4) is 0 Å². The summed E-state index contributed by atoms with van der Waals surface area (Å²) in [5, 5.41) is 14.1. The number of furan rings is 1. The maximum Gasteiger partial charge on any atom is 0.321 e. The van der Waals surface area contributed by atoms with Gasteiger partial charge in [0.05, 0.1) is 25.2 Å². The summed E-state index contributed by atoms with van der Waals surface area (Å²) in [5.74, 6) is 1.53. The average molecular weight is 492 g/mol. The van der Waals surface area contributed by atoms with Gasteiger partial charge in [0.15, 0.2) is 11.0 Å². The molecule has 0 saturated heterocycles. The number of nitrogens with one attached hydrogen (secondary N) is 2. The van der Waals surface area contributed by atoms with Crippen molar-refractivity contribution in [2.45, 2.75) is 25.5 Å². The number of hydrogen-bond acceptors (Lipinski definition) is 7. The van der Waals surface area contributed by atoms with E-state index in [-0.39, 0.29) is 12.3 Å². The summed E-state index contributed by atoms with van der Waals surface area (Å²) in [6.07, 6.45) is 1.52. The minimum atomic E-state index is -0.597. The van der Waals surface area contributed by atoms with Crippen LogP contribution in [-0.4, -0.2) is 39.1 Å². The van der Waals surface area contributed by atoms with Crippen LogP contribution in [0.5, 0.6) is 5.75 Å². The van der Waals surface area contributed by atoms with Gasteiger partial charge in [-0.15, -0.1) is 10.2 Å². The lowest BCUT2D eigenvalue weighted by Crippen LogP contribution is -2.39. The van der Waals surface area contributed by atoms with Gasteiger partial charge < -0.3 is 14.5 Å². The Morgan fingerprint density at radius 1 is 1.09 bits per heavy atom. The summed E-state index contributed by atoms with van der Waals surface area (Å²) in [6, 6.07) is 18.4. The smallest absolute Gasteiger partial charge is 0.321 e. The number of amides is 3. The second-order valence-electron chi connectivity index (χ2n) is 7.54. The molecule has 2 heterocycles. The second kappa shape index (κ2) is 11.4. The van der Waals surface area contributed by atoms with E-state index in [0.717, 1.165) is 22.6 Å². The minimum absolute atomic E-state index is 0.0167. The number of urea groups is 1. The first-order valence-electron chi connectivity index (χ1n) is 11.0. The third-order valence-corrected chi connectivity index (χ3v) is 5.83. The molecule has 0 fully saturated rings. The van der Waals surface area contributed by atoms with Gasteiger partial charge >= 0.3 is 6.03 Å². The monoisotopic (exact) mass is 491 g/mol. The molecule has 9 nitrogen and oxygen atoms in total. The number of aryl methyl sites for hydroxylation is 1. The first-order chi connectivity index (χ1) is 17.0. The standard InChI is InChI=1S/C25H25N5O4S/c1-3-33-20-11-9-19(10-12-20)30-23(18-7-4-6-17(2)14-18)28-29-25(30)35-16-22(31)27-24(32)26-15-21-8-5-13-34-21/h4-14H,3,15-16H2,1-2H3,(H2,26,27,31,32). The molecule has 3 amide bonds. The lowest BCUT2D eigenvalue weighted by Gasteiger charge is -2.12. The Balaban J connectivity index is 1.49. The maximum atomic E-state index is 12.4. The number of ether oxygens (including phenoxy) is 1. The molecule has 2 aromatic carbocycles. The zero-order valence-electron chi connectivity index (χ0n) is 19.4. The molecule has 4 rings (SSSR count). The third-order valence-electron chi connectivity index (χ3n) is 4.90. The Labute approximate surface area is 206 Å². The summed E-state index contributed by atoms with van der Waals surface area (Å²) in [7, 11) is 0. The molecule has 0 radical (unpaired) electrons. The van der Waals surface area contributed by atoms with Gasteiger partial charge in [-0.1, -0.05) is 35.5 Å². The van der Waals surface area contributed by atoms with Gasteiger partial charge in [-0.3, -0.25) is 14.7 Å². The van der Waals surface area contributed by atoms with Crippen LogP contribution in [0.4, 0.5) is 4.79 Å². The number of hydrogen-bond donors (Lipinski definition) is 2. The highest BCUT2D eigenvalue weighted by Gasteiger charge is 2.18. The number of imide groups is 1. The SMILES string of the molecule is CCOc1ccc(-n2c(SCC(=O)NC(=O)NCc3ccco3)nnc2-c2cccc(C)c2)cc1. The summed E-state index contributed by atoms with van der Waals surface area (Å²) in [5.41, 5.74) is 2.83. The highest BCUT2D eigenvalue weighted by molar-refractivity contribution is 7.99. The van der Waals surface area contributed by atoms with Crippen molar-refractivity contribution in [3.8, 4) is 22.8 Å². The molecule has 2 N–H and O–H groups in total. The van der Waals surface area contributed by atoms with Crippen LogP contribution in [0.25, 0.3) is 17.1 Å². The highest BCUT2D eigenvalue weighted by Crippen LogP contribution is 2.29. The quantitative estimate of drug-likeness (QED) is 0.335. The number of aromatic nitrogens is 3. The van der Waals surface area contributed by atoms with Gasteiger partial charge in [0, 0.05) is 11.3 Å². The molecule has 180 valence electrons. The van der Waals surface area contributed by atoms with Gasteiger partial charge in [0.25, 0.3) is 0 Å². The molecule has 0 atom stereocenters. The van der Waals surface area contributed by atoms with E-state index in [1.165, 1.54) is 18.0 Å². The molecule has 4 aromatic rings. The summed E-state index contributed by atoms with van der Waals surface area (Å²) < 4.78 is 12.6. The van der Waals surface area contributed by atoms with Crippen LogP contribution < -0.4 is 15.4 Å². The van der Waals surface area contributed by atoms with Crippen LogP contribution in [0.1, 0.15) is 18.2 Å². The third kappa shape index (κ3) is 6.30. The molecule has 0 bridgehead atoms. The van der Waals surface area contributed by atoms with Crippen molar-refractivity contribution >= 4 is 23.7 Å². The van der Waals surface area contributed by atoms with Crippen molar-refractivity contribution in [1.82, 2.24) is 25.4 Å². The molecule has 0 unspecified atom stereocenters. The number of rotatable bonds is 9. The topological polar surface area (TPSA) is 111 Å². The average Bonchev–Trinajstić information content (AvgIpc) is 3.52. The van der Waals surface area contributed by atoms with Crippen LogP contribution in [0.2, 0.25) is 0 Å². The Kier molecular flexibility index (Phi) is 7.84. The number of carbonyl (C=O) groups is 2. The lowest BCUT2D eigenvalue weighted by molar-refractivity contribution is -0.117. The zero-order chi connectivity index (χ0) is 24.6. The molecule has 0 aliphatic rings. The molecule has 10 heteroatoms. The fourth-order valence-corrected chi connectivity index (χ4v) is 4.09. The van der Waals surface area contributed by atoms with Gasteiger partial charge in [-0.25, -0.2) is 4.79 Å². The van der Waals surface area contributed by atoms with E-state index in [9.17, 15) is 9.59 Å². The Morgan fingerprint density at radius 2 is 1.91 bits per heavy atom. The summed E-state index contributed by atoms with van der Waals surface area (Å²) >= 11 is 1.19. The van der Waals surface area contributed by atoms with Crippen LogP contribution in [0, 0.1) is 6.92 Å². The Bertz CT molecular complexity index is 1290. The van der Waals surface area contributed by atoms with E-state index in [1.54, 1.807) is 12.1 Å². The van der Waals surface area contributed by atoms with E-state index < -0.39 is 11.9 Å². The number of benzene rings is 2. The van der Waals surface area contributed by atoms with Gasteiger partial charge in [0.1, 0.15) is 11.5 Å². The van der Waals surface area contributed by atoms with Crippen molar-refractivity contribution in [3.63, 3.8) is 0 Å². The van der Waals surface area contributed by atoms with Crippen LogP contribution in [-0.2, 0) is 11.3 Å². The van der Waals surface area contributed by atoms with E-state index in [1.807, 2.05) is 66.9 Å². The maximum absolute atomic E-state index is 12.4. The first kappa shape index (κ1) is 24.1. The Morgan fingerprint density at radius 3 is 2.63 bits per heavy atom. The molecule has 35 heavy (non-hydrogen) atoms. The van der Waals surface area contributed by atoms with Crippen molar-refractivity contribution in [3.05, 3.63) is 78.3 Å². The van der Waals surface area contributed by atoms with Gasteiger partial charge in [0.2, 0.25) is 5.91 Å². The van der Waals surface area contributed by atoms with Gasteiger partial charge in [-0.05, 0) is 56.3 Å². The van der Waals surface area contributed by atoms with E-state index in [2.05, 4.69) is 20.8 Å². The van der Waals surface area contributed by atoms with Crippen molar-refractivity contribution in [1.29, 1.82) is 0 Å². The highest BCUT2D eigenvalue weighted by atomic mass is 32.2. The number of thioether (sulfide) groups is 1. The summed E-state index contributed by atoms with van der Waals surface area (Å²) in [6.45, 7) is 4.70. The van der Waals surface area contributed by atoms with Crippen molar-refractivity contribution in [2.24, 2.45) is 0 Å². The molecule has 0 saturated carbocycles. The zero-order valence-corrected chi connectivity index (χ0v) is 20.2. The lowest BCUT2D eigenvalue weighted by atomic mass is 10.1. The molecular weight excluding hydrogens is 466 g/mol. The van der Waals surface area contributed by atoms with Gasteiger partial charge in [-0.2, -0.15) is 0 Å². The predicted octanol–water partition coefficient (Wildman–Crippen LogP) is 4.35. The molecule has 0 spiro atoms. The van der Waals surface area contributed by atoms with E-state index >= 15 is 0 Å². The number of carbonyl (C=O) groups excluding carboxylic acids is 2.